The van der Waals surface area contributed by atoms with Crippen molar-refractivity contribution in [2.75, 3.05) is 25.6 Å². The molecule has 32 heavy (non-hydrogen) atoms. The maximum atomic E-state index is 12.6. The molecular weight excluding hydrogens is 458 g/mol. The Morgan fingerprint density at radius 3 is 2.53 bits per heavy atom. The van der Waals surface area contributed by atoms with Crippen LogP contribution in [0.3, 0.4) is 0 Å². The Hall–Kier alpha value is -3.50. The van der Waals surface area contributed by atoms with Gasteiger partial charge in [0.15, 0.2) is 6.61 Å². The summed E-state index contributed by atoms with van der Waals surface area (Å²) in [7, 11) is 1.47. The lowest BCUT2D eigenvalue weighted by Crippen LogP contribution is -2.36. The second-order valence-corrected chi connectivity index (χ2v) is 7.89. The summed E-state index contributed by atoms with van der Waals surface area (Å²) < 4.78 is 10.2. The molecule has 1 aliphatic rings. The van der Waals surface area contributed by atoms with E-state index >= 15 is 0 Å². The van der Waals surface area contributed by atoms with Crippen LogP contribution in [0, 0.1) is 0 Å². The first-order chi connectivity index (χ1) is 15.3. The highest BCUT2D eigenvalue weighted by Crippen LogP contribution is 2.32. The number of benzene rings is 2. The van der Waals surface area contributed by atoms with Gasteiger partial charge in [-0.05, 0) is 53.7 Å². The lowest BCUT2D eigenvalue weighted by molar-refractivity contribution is -0.127. The predicted molar refractivity (Wildman–Crippen MR) is 120 cm³/mol. The molecule has 1 saturated heterocycles. The zero-order valence-electron chi connectivity index (χ0n) is 16.8. The standard InChI is InChI=1S/C21H18ClN3O6S/c1-30-16-7-4-13(9-15(16)22)24-19(27)10-25-20(28)17(32-21(25)29)8-12-2-5-14(6-3-12)31-11-18(23)26/h2-9H,10-11H2,1H3,(H2,23,26)(H,24,27)/b17-8-. The Kier molecular flexibility index (Phi) is 7.39. The smallest absolute Gasteiger partial charge is 0.294 e. The molecule has 0 bridgehead atoms. The molecule has 0 unspecified atom stereocenters. The third-order valence-corrected chi connectivity index (χ3v) is 5.37. The molecule has 0 spiro atoms. The van der Waals surface area contributed by atoms with Gasteiger partial charge in [0.2, 0.25) is 5.91 Å². The van der Waals surface area contributed by atoms with E-state index in [0.717, 1.165) is 16.7 Å². The molecule has 166 valence electrons. The number of nitrogens with two attached hydrogens (primary N) is 1. The maximum Gasteiger partial charge on any atom is 0.294 e. The minimum absolute atomic E-state index is 0.182. The minimum Gasteiger partial charge on any atom is -0.495 e. The molecule has 2 aromatic rings. The number of rotatable bonds is 8. The number of anilines is 1. The van der Waals surface area contributed by atoms with Gasteiger partial charge >= 0.3 is 0 Å². The van der Waals surface area contributed by atoms with Gasteiger partial charge in [0.1, 0.15) is 18.0 Å². The predicted octanol–water partition coefficient (Wildman–Crippen LogP) is 2.89. The van der Waals surface area contributed by atoms with Gasteiger partial charge in [-0.1, -0.05) is 23.7 Å². The van der Waals surface area contributed by atoms with E-state index < -0.39 is 29.5 Å². The van der Waals surface area contributed by atoms with E-state index in [4.69, 9.17) is 26.8 Å². The van der Waals surface area contributed by atoms with Gasteiger partial charge in [0, 0.05) is 5.69 Å². The first-order valence-corrected chi connectivity index (χ1v) is 10.4. The van der Waals surface area contributed by atoms with Crippen LogP contribution in [0.4, 0.5) is 10.5 Å². The molecule has 1 fully saturated rings. The van der Waals surface area contributed by atoms with Crippen LogP contribution >= 0.6 is 23.4 Å². The van der Waals surface area contributed by atoms with Crippen LogP contribution < -0.4 is 20.5 Å². The molecule has 1 heterocycles. The zero-order chi connectivity index (χ0) is 23.3. The minimum atomic E-state index is -0.595. The van der Waals surface area contributed by atoms with Gasteiger partial charge < -0.3 is 20.5 Å². The highest BCUT2D eigenvalue weighted by Gasteiger charge is 2.36. The SMILES string of the molecule is COc1ccc(NC(=O)CN2C(=O)S/C(=C\c3ccc(OCC(N)=O)cc3)C2=O)cc1Cl. The maximum absolute atomic E-state index is 12.6. The van der Waals surface area contributed by atoms with E-state index in [1.807, 2.05) is 0 Å². The summed E-state index contributed by atoms with van der Waals surface area (Å²) in [5.41, 5.74) is 6.07. The van der Waals surface area contributed by atoms with Crippen molar-refractivity contribution in [3.63, 3.8) is 0 Å². The van der Waals surface area contributed by atoms with Gasteiger partial charge in [-0.3, -0.25) is 24.1 Å². The Morgan fingerprint density at radius 2 is 1.91 bits per heavy atom. The molecule has 1 aliphatic heterocycles. The summed E-state index contributed by atoms with van der Waals surface area (Å²) in [5, 5.41) is 2.35. The number of primary amides is 1. The highest BCUT2D eigenvalue weighted by molar-refractivity contribution is 8.18. The lowest BCUT2D eigenvalue weighted by atomic mass is 10.2. The average Bonchev–Trinajstić information content (AvgIpc) is 3.00. The number of nitrogens with zero attached hydrogens (tertiary/aromatic N) is 1. The van der Waals surface area contributed by atoms with Crippen molar-refractivity contribution in [1.82, 2.24) is 4.90 Å². The summed E-state index contributed by atoms with van der Waals surface area (Å²) in [6.45, 7) is -0.686. The van der Waals surface area contributed by atoms with Crippen LogP contribution in [0.5, 0.6) is 11.5 Å². The lowest BCUT2D eigenvalue weighted by Gasteiger charge is -2.13. The van der Waals surface area contributed by atoms with Crippen molar-refractivity contribution in [1.29, 1.82) is 0 Å². The first-order valence-electron chi connectivity index (χ1n) is 9.16. The molecule has 0 atom stereocenters. The van der Waals surface area contributed by atoms with Gasteiger partial charge in [0.25, 0.3) is 17.1 Å². The van der Waals surface area contributed by atoms with Crippen molar-refractivity contribution in [3.8, 4) is 11.5 Å². The van der Waals surface area contributed by atoms with Crippen LogP contribution in [-0.4, -0.2) is 48.1 Å². The molecule has 0 radical (unpaired) electrons. The Morgan fingerprint density at radius 1 is 1.19 bits per heavy atom. The molecule has 0 saturated carbocycles. The van der Waals surface area contributed by atoms with Crippen molar-refractivity contribution < 1.29 is 28.7 Å². The van der Waals surface area contributed by atoms with E-state index in [2.05, 4.69) is 5.32 Å². The van der Waals surface area contributed by atoms with Crippen molar-refractivity contribution in [2.24, 2.45) is 5.73 Å². The van der Waals surface area contributed by atoms with E-state index in [-0.39, 0.29) is 11.5 Å². The number of methoxy groups -OCH3 is 1. The number of carbonyl (C=O) groups is 4. The number of amides is 4. The fourth-order valence-corrected chi connectivity index (χ4v) is 3.79. The van der Waals surface area contributed by atoms with E-state index in [1.165, 1.54) is 19.3 Å². The van der Waals surface area contributed by atoms with Crippen LogP contribution in [0.25, 0.3) is 6.08 Å². The number of halogens is 1. The van der Waals surface area contributed by atoms with E-state index in [0.29, 0.717) is 27.8 Å². The van der Waals surface area contributed by atoms with Crippen molar-refractivity contribution in [2.45, 2.75) is 0 Å². The Bertz CT molecular complexity index is 1100. The average molecular weight is 476 g/mol. The van der Waals surface area contributed by atoms with E-state index in [9.17, 15) is 19.2 Å². The summed E-state index contributed by atoms with van der Waals surface area (Å²) in [4.78, 5) is 49.0. The van der Waals surface area contributed by atoms with Gasteiger partial charge in [-0.2, -0.15) is 0 Å². The second kappa shape index (κ2) is 10.2. The van der Waals surface area contributed by atoms with Crippen molar-refractivity contribution >= 4 is 58.1 Å². The topological polar surface area (TPSA) is 128 Å². The number of ether oxygens (including phenoxy) is 2. The largest absolute Gasteiger partial charge is 0.495 e. The summed E-state index contributed by atoms with van der Waals surface area (Å²) >= 11 is 6.77. The molecule has 9 nitrogen and oxygen atoms in total. The second-order valence-electron chi connectivity index (χ2n) is 6.49. The van der Waals surface area contributed by atoms with Gasteiger partial charge in [-0.25, -0.2) is 0 Å². The zero-order valence-corrected chi connectivity index (χ0v) is 18.4. The van der Waals surface area contributed by atoms with Crippen LogP contribution in [0.15, 0.2) is 47.4 Å². The molecule has 3 rings (SSSR count). The summed E-state index contributed by atoms with van der Waals surface area (Å²) in [6.07, 6.45) is 1.53. The molecule has 2 aromatic carbocycles. The van der Waals surface area contributed by atoms with Gasteiger partial charge in [0.05, 0.1) is 17.0 Å². The Labute approximate surface area is 192 Å². The number of carbonyl (C=O) groups excluding carboxylic acids is 4. The molecule has 4 amide bonds. The molecular formula is C21H18ClN3O6S. The fraction of sp³-hybridized carbons (Fsp3) is 0.143. The molecule has 11 heteroatoms. The third kappa shape index (κ3) is 5.80. The summed E-state index contributed by atoms with van der Waals surface area (Å²) in [6, 6.07) is 11.2. The normalized spacial score (nSPS) is 14.6. The first kappa shape index (κ1) is 23.2. The number of hydrogen-bond acceptors (Lipinski definition) is 7. The molecule has 0 aliphatic carbocycles. The van der Waals surface area contributed by atoms with E-state index in [1.54, 1.807) is 36.4 Å². The van der Waals surface area contributed by atoms with Crippen LogP contribution in [-0.2, 0) is 14.4 Å². The van der Waals surface area contributed by atoms with Crippen molar-refractivity contribution in [3.05, 3.63) is 58.0 Å². The van der Waals surface area contributed by atoms with Gasteiger partial charge in [-0.15, -0.1) is 0 Å². The highest BCUT2D eigenvalue weighted by atomic mass is 35.5. The Balaban J connectivity index is 1.63. The number of nitrogens with one attached hydrogen (secondary N) is 1. The number of thioether (sulfide) groups is 1. The fourth-order valence-electron chi connectivity index (χ4n) is 2.69. The molecule has 0 aromatic heterocycles. The monoisotopic (exact) mass is 475 g/mol. The number of hydrogen-bond donors (Lipinski definition) is 2. The summed E-state index contributed by atoms with van der Waals surface area (Å²) in [5.74, 6) is -0.831. The van der Waals surface area contributed by atoms with Crippen LogP contribution in [0.1, 0.15) is 5.56 Å². The molecule has 3 N–H and O–H groups in total. The van der Waals surface area contributed by atoms with Crippen LogP contribution in [0.2, 0.25) is 5.02 Å². The quantitative estimate of drug-likeness (QED) is 0.562. The third-order valence-electron chi connectivity index (χ3n) is 4.17. The number of imide groups is 1.